The first-order valence-corrected chi connectivity index (χ1v) is 7.75. The summed E-state index contributed by atoms with van der Waals surface area (Å²) >= 11 is -1.42. The van der Waals surface area contributed by atoms with Crippen molar-refractivity contribution in [1.29, 1.82) is 0 Å². The standard InChI is InChI=1S/C14H19F4NO2S/c1-8(19-22(20)14(2,3)4)9-5-10(15)13(11(16)6-9)21-7-12(17)18/h5-6,8,12,19H,7H2,1-4H3/t8?,22-/m1/s1. The number of hydrogen-bond donors (Lipinski definition) is 1. The fourth-order valence-electron chi connectivity index (χ4n) is 1.52. The van der Waals surface area contributed by atoms with E-state index in [-0.39, 0.29) is 5.56 Å². The maximum Gasteiger partial charge on any atom is 0.272 e. The molecule has 0 aromatic heterocycles. The molecule has 2 atom stereocenters. The molecule has 8 heteroatoms. The van der Waals surface area contributed by atoms with Gasteiger partial charge in [0.15, 0.2) is 17.4 Å². The Kier molecular flexibility index (Phi) is 6.51. The molecule has 0 aliphatic heterocycles. The van der Waals surface area contributed by atoms with Crippen LogP contribution in [-0.4, -0.2) is 22.3 Å². The van der Waals surface area contributed by atoms with Crippen LogP contribution in [0.4, 0.5) is 17.6 Å². The molecule has 1 N–H and O–H groups in total. The Morgan fingerprint density at radius 2 is 1.73 bits per heavy atom. The molecule has 1 unspecified atom stereocenters. The summed E-state index contributed by atoms with van der Waals surface area (Å²) in [6, 6.07) is 1.36. The lowest BCUT2D eigenvalue weighted by atomic mass is 10.1. The zero-order valence-corrected chi connectivity index (χ0v) is 13.6. The largest absolute Gasteiger partial charge is 0.598 e. The van der Waals surface area contributed by atoms with E-state index in [1.54, 1.807) is 27.7 Å². The first kappa shape index (κ1) is 19.1. The van der Waals surface area contributed by atoms with Crippen LogP contribution in [0.25, 0.3) is 0 Å². The molecule has 0 fully saturated rings. The summed E-state index contributed by atoms with van der Waals surface area (Å²) in [6.45, 7) is 5.77. The van der Waals surface area contributed by atoms with E-state index < -0.39 is 52.6 Å². The molecule has 126 valence electrons. The Hall–Kier alpha value is -0.990. The zero-order valence-electron chi connectivity index (χ0n) is 12.8. The van der Waals surface area contributed by atoms with E-state index in [9.17, 15) is 22.1 Å². The smallest absolute Gasteiger partial charge is 0.272 e. The van der Waals surface area contributed by atoms with Gasteiger partial charge in [0.1, 0.15) is 11.4 Å². The number of benzene rings is 1. The maximum atomic E-state index is 13.8. The molecule has 0 bridgehead atoms. The zero-order chi connectivity index (χ0) is 17.1. The number of ether oxygens (including phenoxy) is 1. The van der Waals surface area contributed by atoms with Gasteiger partial charge in [-0.1, -0.05) is 0 Å². The summed E-state index contributed by atoms with van der Waals surface area (Å²) in [4.78, 5) is 0. The first-order chi connectivity index (χ1) is 10.0. The van der Waals surface area contributed by atoms with Gasteiger partial charge in [0.2, 0.25) is 0 Å². The molecule has 0 aliphatic carbocycles. The molecule has 1 aromatic rings. The second-order valence-electron chi connectivity index (χ2n) is 5.74. The molecule has 0 radical (unpaired) electrons. The van der Waals surface area contributed by atoms with Crippen molar-refractivity contribution >= 4 is 11.4 Å². The highest BCUT2D eigenvalue weighted by Crippen LogP contribution is 2.27. The summed E-state index contributed by atoms with van der Waals surface area (Å²) in [5, 5.41) is 0. The molecule has 0 amide bonds. The average Bonchev–Trinajstić information content (AvgIpc) is 2.35. The lowest BCUT2D eigenvalue weighted by Crippen LogP contribution is -2.40. The number of nitrogens with one attached hydrogen (secondary N) is 1. The summed E-state index contributed by atoms with van der Waals surface area (Å²) in [7, 11) is 0. The van der Waals surface area contributed by atoms with Gasteiger partial charge in [-0.05, 0) is 45.4 Å². The van der Waals surface area contributed by atoms with E-state index in [1.807, 2.05) is 0 Å². The third-order valence-corrected chi connectivity index (χ3v) is 4.39. The molecular weight excluding hydrogens is 322 g/mol. The Balaban J connectivity index is 2.89. The Morgan fingerprint density at radius 1 is 1.23 bits per heavy atom. The average molecular weight is 341 g/mol. The van der Waals surface area contributed by atoms with Crippen molar-refractivity contribution < 1.29 is 26.9 Å². The molecule has 1 rings (SSSR count). The minimum absolute atomic E-state index is 0.206. The molecular formula is C14H19F4NO2S. The van der Waals surface area contributed by atoms with Crippen molar-refractivity contribution in [2.45, 2.75) is 44.9 Å². The van der Waals surface area contributed by atoms with Crippen molar-refractivity contribution in [3.63, 3.8) is 0 Å². The number of rotatable bonds is 6. The van der Waals surface area contributed by atoms with Crippen LogP contribution in [0, 0.1) is 11.6 Å². The second kappa shape index (κ2) is 7.52. The van der Waals surface area contributed by atoms with Gasteiger partial charge in [0.05, 0.1) is 6.04 Å². The molecule has 0 aliphatic rings. The fourth-order valence-corrected chi connectivity index (χ4v) is 2.33. The van der Waals surface area contributed by atoms with E-state index in [4.69, 9.17) is 0 Å². The molecule has 0 spiro atoms. The van der Waals surface area contributed by atoms with Crippen LogP contribution in [0.5, 0.6) is 5.75 Å². The Bertz CT molecular complexity index is 485. The molecule has 1 aromatic carbocycles. The number of hydrogen-bond acceptors (Lipinski definition) is 3. The highest BCUT2D eigenvalue weighted by Gasteiger charge is 2.29. The monoisotopic (exact) mass is 341 g/mol. The van der Waals surface area contributed by atoms with Crippen molar-refractivity contribution in [3.05, 3.63) is 29.3 Å². The molecule has 3 nitrogen and oxygen atoms in total. The minimum Gasteiger partial charge on any atom is -0.598 e. The highest BCUT2D eigenvalue weighted by atomic mass is 32.2. The molecule has 22 heavy (non-hydrogen) atoms. The van der Waals surface area contributed by atoms with Crippen LogP contribution in [0.15, 0.2) is 12.1 Å². The topological polar surface area (TPSA) is 44.3 Å². The maximum absolute atomic E-state index is 13.8. The normalized spacial score (nSPS) is 15.0. The Morgan fingerprint density at radius 3 is 2.14 bits per heavy atom. The Labute approximate surface area is 130 Å². The minimum atomic E-state index is -2.83. The van der Waals surface area contributed by atoms with Crippen molar-refractivity contribution in [2.24, 2.45) is 0 Å². The summed E-state index contributed by atoms with van der Waals surface area (Å²) in [5.74, 6) is -3.00. The lowest BCUT2D eigenvalue weighted by Gasteiger charge is -2.26. The second-order valence-corrected chi connectivity index (χ2v) is 7.73. The van der Waals surface area contributed by atoms with Crippen molar-refractivity contribution in [2.75, 3.05) is 6.61 Å². The molecule has 0 heterocycles. The van der Waals surface area contributed by atoms with Crippen LogP contribution in [0.1, 0.15) is 39.3 Å². The van der Waals surface area contributed by atoms with E-state index in [0.717, 1.165) is 12.1 Å². The van der Waals surface area contributed by atoms with Crippen molar-refractivity contribution in [3.8, 4) is 5.75 Å². The highest BCUT2D eigenvalue weighted by molar-refractivity contribution is 7.90. The summed E-state index contributed by atoms with van der Waals surface area (Å²) in [5.41, 5.74) is 0.206. The van der Waals surface area contributed by atoms with Gasteiger partial charge in [-0.3, -0.25) is 0 Å². The first-order valence-electron chi connectivity index (χ1n) is 6.60. The van der Waals surface area contributed by atoms with Crippen LogP contribution in [0.2, 0.25) is 0 Å². The van der Waals surface area contributed by atoms with Crippen LogP contribution in [0.3, 0.4) is 0 Å². The van der Waals surface area contributed by atoms with Gasteiger partial charge in [-0.15, -0.1) is 4.72 Å². The fraction of sp³-hybridized carbons (Fsp3) is 0.571. The van der Waals surface area contributed by atoms with E-state index in [0.29, 0.717) is 0 Å². The van der Waals surface area contributed by atoms with E-state index >= 15 is 0 Å². The lowest BCUT2D eigenvalue weighted by molar-refractivity contribution is 0.0777. The third kappa shape index (κ3) is 5.33. The predicted octanol–water partition coefficient (Wildman–Crippen LogP) is 3.72. The van der Waals surface area contributed by atoms with Gasteiger partial charge in [-0.25, -0.2) is 17.6 Å². The van der Waals surface area contributed by atoms with Crippen LogP contribution < -0.4 is 9.46 Å². The summed E-state index contributed by atoms with van der Waals surface area (Å²) < 4.78 is 70.2. The predicted molar refractivity (Wildman–Crippen MR) is 77.3 cm³/mol. The summed E-state index contributed by atoms with van der Waals surface area (Å²) in [6.07, 6.45) is -2.83. The van der Waals surface area contributed by atoms with Gasteiger partial charge in [-0.2, -0.15) is 0 Å². The number of halogens is 4. The van der Waals surface area contributed by atoms with Gasteiger partial charge < -0.3 is 9.29 Å². The van der Waals surface area contributed by atoms with Gasteiger partial charge >= 0.3 is 0 Å². The van der Waals surface area contributed by atoms with E-state index in [1.165, 1.54) is 0 Å². The number of alkyl halides is 2. The van der Waals surface area contributed by atoms with Gasteiger partial charge in [0.25, 0.3) is 6.43 Å². The third-order valence-electron chi connectivity index (χ3n) is 2.71. The molecule has 0 saturated heterocycles. The van der Waals surface area contributed by atoms with Crippen LogP contribution >= 0.6 is 0 Å². The molecule has 0 saturated carbocycles. The quantitative estimate of drug-likeness (QED) is 0.633. The SMILES string of the molecule is CC(N[S@+]([O-])C(C)(C)C)c1cc(F)c(OCC(F)F)c(F)c1. The van der Waals surface area contributed by atoms with Crippen LogP contribution in [-0.2, 0) is 11.4 Å². The van der Waals surface area contributed by atoms with Crippen molar-refractivity contribution in [1.82, 2.24) is 4.72 Å². The van der Waals surface area contributed by atoms with E-state index in [2.05, 4.69) is 9.46 Å². The van der Waals surface area contributed by atoms with Gasteiger partial charge in [0, 0.05) is 11.4 Å².